The average molecular weight is 517 g/mol. The number of aliphatic imine (C=N–C) groups is 1. The number of fused-ring (bicyclic) bond motifs is 1. The Morgan fingerprint density at radius 3 is 2.34 bits per heavy atom. The minimum atomic E-state index is -1.10. The second-order valence-electron chi connectivity index (χ2n) is 11.1. The number of nitrogens with one attached hydrogen (secondary N) is 1. The van der Waals surface area contributed by atoms with E-state index in [1.165, 1.54) is 6.42 Å². The number of carbonyl (C=O) groups is 3. The van der Waals surface area contributed by atoms with Crippen molar-refractivity contribution >= 4 is 29.1 Å². The first kappa shape index (κ1) is 27.6. The quantitative estimate of drug-likeness (QED) is 0.453. The molecule has 2 aromatic rings. The molecule has 1 aliphatic heterocycles. The zero-order chi connectivity index (χ0) is 27.2. The molecule has 7 nitrogen and oxygen atoms in total. The number of carbonyl (C=O) groups excluding carboxylic acids is 3. The van der Waals surface area contributed by atoms with Crippen molar-refractivity contribution in [3.8, 4) is 0 Å². The van der Waals surface area contributed by atoms with Gasteiger partial charge in [-0.25, -0.2) is 4.99 Å². The van der Waals surface area contributed by atoms with Crippen LogP contribution in [0, 0.1) is 23.7 Å². The number of rotatable bonds is 11. The van der Waals surface area contributed by atoms with Gasteiger partial charge < -0.3 is 16.0 Å². The van der Waals surface area contributed by atoms with Gasteiger partial charge in [-0.1, -0.05) is 82.1 Å². The first-order chi connectivity index (χ1) is 18.3. The smallest absolute Gasteiger partial charge is 0.272 e. The Morgan fingerprint density at radius 2 is 1.74 bits per heavy atom. The van der Waals surface area contributed by atoms with E-state index in [0.717, 1.165) is 36.1 Å². The van der Waals surface area contributed by atoms with Gasteiger partial charge in [-0.3, -0.25) is 14.4 Å². The molecule has 1 heterocycles. The van der Waals surface area contributed by atoms with Crippen LogP contribution in [-0.2, 0) is 14.4 Å². The highest BCUT2D eigenvalue weighted by atomic mass is 16.2. The fourth-order valence-electron chi connectivity index (χ4n) is 5.53. The van der Waals surface area contributed by atoms with Gasteiger partial charge in [0, 0.05) is 29.5 Å². The molecular weight excluding hydrogens is 476 g/mol. The topological polar surface area (TPSA) is 105 Å². The molecule has 0 bridgehead atoms. The number of hydrogen-bond acceptors (Lipinski definition) is 4. The van der Waals surface area contributed by atoms with Gasteiger partial charge in [-0.05, 0) is 43.6 Å². The zero-order valence-electron chi connectivity index (χ0n) is 22.7. The molecule has 1 fully saturated rings. The molecule has 7 heteroatoms. The van der Waals surface area contributed by atoms with E-state index in [9.17, 15) is 14.4 Å². The Hall–Kier alpha value is -3.48. The van der Waals surface area contributed by atoms with Gasteiger partial charge in [0.1, 0.15) is 0 Å². The van der Waals surface area contributed by atoms with Crippen LogP contribution >= 0.6 is 0 Å². The van der Waals surface area contributed by atoms with E-state index >= 15 is 0 Å². The molecule has 1 aliphatic carbocycles. The summed E-state index contributed by atoms with van der Waals surface area (Å²) in [4.78, 5) is 46.9. The molecule has 3 N–H and O–H groups in total. The van der Waals surface area contributed by atoms with Crippen molar-refractivity contribution in [2.45, 2.75) is 65.5 Å². The van der Waals surface area contributed by atoms with Crippen molar-refractivity contribution in [1.29, 1.82) is 0 Å². The third-order valence-corrected chi connectivity index (χ3v) is 7.71. The van der Waals surface area contributed by atoms with Crippen LogP contribution in [0.1, 0.15) is 70.4 Å². The average Bonchev–Trinajstić information content (AvgIpc) is 2.98. The molecule has 0 radical (unpaired) electrons. The zero-order valence-corrected chi connectivity index (χ0v) is 22.7. The summed E-state index contributed by atoms with van der Waals surface area (Å²) in [5.74, 6) is -1.69. The number of benzodiazepines with no additional fused rings is 1. The molecular formula is C31H40N4O3. The van der Waals surface area contributed by atoms with Gasteiger partial charge in [-0.2, -0.15) is 0 Å². The maximum absolute atomic E-state index is 14.1. The largest absolute Gasteiger partial charge is 0.369 e. The van der Waals surface area contributed by atoms with Gasteiger partial charge in [0.05, 0.1) is 11.4 Å². The minimum absolute atomic E-state index is 0.178. The van der Waals surface area contributed by atoms with Gasteiger partial charge in [0.25, 0.3) is 5.91 Å². The maximum atomic E-state index is 14.1. The molecule has 2 aliphatic rings. The summed E-state index contributed by atoms with van der Waals surface area (Å²) in [6, 6.07) is 17.6. The number of hydrogen-bond donors (Lipinski definition) is 2. The number of nitrogens with zero attached hydrogens (tertiary/aromatic N) is 2. The Kier molecular flexibility index (Phi) is 8.97. The van der Waals surface area contributed by atoms with Crippen molar-refractivity contribution in [2.75, 3.05) is 11.4 Å². The highest BCUT2D eigenvalue weighted by Gasteiger charge is 2.38. The van der Waals surface area contributed by atoms with Crippen LogP contribution in [0.25, 0.3) is 0 Å². The van der Waals surface area contributed by atoms with Gasteiger partial charge in [0.2, 0.25) is 18.0 Å². The van der Waals surface area contributed by atoms with Crippen LogP contribution in [0.3, 0.4) is 0 Å². The number of para-hydroxylation sites is 1. The van der Waals surface area contributed by atoms with Gasteiger partial charge in [0.15, 0.2) is 0 Å². The number of primary amides is 1. The van der Waals surface area contributed by atoms with E-state index in [1.54, 1.807) is 4.90 Å². The molecule has 38 heavy (non-hydrogen) atoms. The fourth-order valence-corrected chi connectivity index (χ4v) is 5.53. The maximum Gasteiger partial charge on any atom is 0.272 e. The number of nitrogens with two attached hydrogens (primary N) is 1. The van der Waals surface area contributed by atoms with E-state index in [4.69, 9.17) is 10.7 Å². The van der Waals surface area contributed by atoms with Crippen molar-refractivity contribution in [2.24, 2.45) is 34.4 Å². The summed E-state index contributed by atoms with van der Waals surface area (Å²) < 4.78 is 0. The first-order valence-corrected chi connectivity index (χ1v) is 13.9. The van der Waals surface area contributed by atoms with Crippen molar-refractivity contribution in [3.05, 3.63) is 65.7 Å². The Labute approximate surface area is 225 Å². The molecule has 0 aromatic heterocycles. The summed E-state index contributed by atoms with van der Waals surface area (Å²) in [6.45, 7) is 6.60. The molecule has 4 rings (SSSR count). The summed E-state index contributed by atoms with van der Waals surface area (Å²) in [7, 11) is 0. The number of amides is 3. The standard InChI is InChI=1S/C31H40N4O3/c1-4-11-23(28(32)36)25(18-20(2)3)30(37)34-29-31(38)35(19-21-12-10-13-21)26-17-9-8-16-24(26)27(33-29)22-14-6-5-7-15-22/h5-9,14-17,20-21,23,25,29H,4,10-13,18-19H2,1-3H3,(H2,32,36)(H,34,37). The number of anilines is 1. The normalized spacial score (nSPS) is 19.2. The Morgan fingerprint density at radius 1 is 1.05 bits per heavy atom. The van der Waals surface area contributed by atoms with Gasteiger partial charge >= 0.3 is 0 Å². The molecule has 0 saturated heterocycles. The lowest BCUT2D eigenvalue weighted by Gasteiger charge is -2.34. The van der Waals surface area contributed by atoms with E-state index < -0.39 is 23.9 Å². The molecule has 3 atom stereocenters. The molecule has 202 valence electrons. The molecule has 0 spiro atoms. The highest BCUT2D eigenvalue weighted by molar-refractivity contribution is 6.20. The van der Waals surface area contributed by atoms with E-state index in [0.29, 0.717) is 31.0 Å². The molecule has 2 aromatic carbocycles. The fraction of sp³-hybridized carbons (Fsp3) is 0.484. The SMILES string of the molecule is CCCC(C(N)=O)C(CC(C)C)C(=O)NC1N=C(c2ccccc2)c2ccccc2N(CC2CCC2)C1=O. The van der Waals surface area contributed by atoms with Crippen molar-refractivity contribution < 1.29 is 14.4 Å². The summed E-state index contributed by atoms with van der Waals surface area (Å²) in [5, 5.41) is 2.96. The third-order valence-electron chi connectivity index (χ3n) is 7.71. The monoisotopic (exact) mass is 516 g/mol. The predicted molar refractivity (Wildman–Crippen MR) is 151 cm³/mol. The molecule has 3 amide bonds. The summed E-state index contributed by atoms with van der Waals surface area (Å²) >= 11 is 0. The lowest BCUT2D eigenvalue weighted by Crippen LogP contribution is -2.52. The third kappa shape index (κ3) is 6.14. The van der Waals surface area contributed by atoms with Crippen molar-refractivity contribution in [1.82, 2.24) is 5.32 Å². The lowest BCUT2D eigenvalue weighted by atomic mass is 9.81. The second kappa shape index (κ2) is 12.4. The molecule has 1 saturated carbocycles. The lowest BCUT2D eigenvalue weighted by molar-refractivity contribution is -0.136. The molecule has 3 unspecified atom stereocenters. The second-order valence-corrected chi connectivity index (χ2v) is 11.1. The Bertz CT molecular complexity index is 1170. The van der Waals surface area contributed by atoms with Crippen molar-refractivity contribution in [3.63, 3.8) is 0 Å². The van der Waals surface area contributed by atoms with Crippen LogP contribution in [0.15, 0.2) is 59.6 Å². The van der Waals surface area contributed by atoms with Crippen LogP contribution in [-0.4, -0.2) is 36.1 Å². The van der Waals surface area contributed by atoms with Gasteiger partial charge in [-0.15, -0.1) is 0 Å². The van der Waals surface area contributed by atoms with Crippen LogP contribution < -0.4 is 16.0 Å². The van der Waals surface area contributed by atoms with E-state index in [2.05, 4.69) is 5.32 Å². The van der Waals surface area contributed by atoms with E-state index in [1.807, 2.05) is 75.4 Å². The Balaban J connectivity index is 1.75. The first-order valence-electron chi connectivity index (χ1n) is 13.9. The highest BCUT2D eigenvalue weighted by Crippen LogP contribution is 2.34. The summed E-state index contributed by atoms with van der Waals surface area (Å²) in [5.41, 5.74) is 8.96. The van der Waals surface area contributed by atoms with Crippen LogP contribution in [0.5, 0.6) is 0 Å². The predicted octanol–water partition coefficient (Wildman–Crippen LogP) is 4.68. The summed E-state index contributed by atoms with van der Waals surface area (Å²) in [6.07, 6.45) is 4.00. The van der Waals surface area contributed by atoms with Crippen LogP contribution in [0.4, 0.5) is 5.69 Å². The minimum Gasteiger partial charge on any atom is -0.369 e. The van der Waals surface area contributed by atoms with E-state index in [-0.39, 0.29) is 17.7 Å². The van der Waals surface area contributed by atoms with Crippen LogP contribution in [0.2, 0.25) is 0 Å². The number of benzene rings is 2.